The Bertz CT molecular complexity index is 791. The van der Waals surface area contributed by atoms with E-state index in [2.05, 4.69) is 0 Å². The predicted octanol–water partition coefficient (Wildman–Crippen LogP) is 2.13. The summed E-state index contributed by atoms with van der Waals surface area (Å²) >= 11 is 0. The van der Waals surface area contributed by atoms with Crippen molar-refractivity contribution < 1.29 is 12.8 Å². The van der Waals surface area contributed by atoms with E-state index < -0.39 is 10.0 Å². The van der Waals surface area contributed by atoms with Crippen LogP contribution in [0.1, 0.15) is 5.56 Å². The summed E-state index contributed by atoms with van der Waals surface area (Å²) in [7, 11) is -2.19. The molecule has 0 radical (unpaired) electrons. The van der Waals surface area contributed by atoms with Gasteiger partial charge in [0, 0.05) is 24.1 Å². The molecule has 0 fully saturated rings. The summed E-state index contributed by atoms with van der Waals surface area (Å²) in [4.78, 5) is 1.62. The van der Waals surface area contributed by atoms with Crippen LogP contribution in [0.5, 0.6) is 0 Å². The molecule has 0 aliphatic heterocycles. The SMILES string of the molecule is Cc1c(N(C)c2cccc(F)c2)cc(N)cc1S(N)(=O)=O. The van der Waals surface area contributed by atoms with E-state index in [1.165, 1.54) is 18.2 Å². The normalized spacial score (nSPS) is 11.4. The number of rotatable bonds is 3. The van der Waals surface area contributed by atoms with Gasteiger partial charge in [-0.3, -0.25) is 0 Å². The zero-order chi connectivity index (χ0) is 15.8. The average molecular weight is 309 g/mol. The zero-order valence-corrected chi connectivity index (χ0v) is 12.5. The molecule has 2 aromatic rings. The van der Waals surface area contributed by atoms with Crippen molar-refractivity contribution in [2.75, 3.05) is 17.7 Å². The van der Waals surface area contributed by atoms with Gasteiger partial charge in [-0.2, -0.15) is 0 Å². The molecular weight excluding hydrogens is 293 g/mol. The van der Waals surface area contributed by atoms with Gasteiger partial charge in [0.1, 0.15) is 5.82 Å². The minimum Gasteiger partial charge on any atom is -0.399 e. The van der Waals surface area contributed by atoms with Crippen LogP contribution in [0, 0.1) is 12.7 Å². The molecule has 0 spiro atoms. The van der Waals surface area contributed by atoms with Crippen LogP contribution in [-0.2, 0) is 10.0 Å². The van der Waals surface area contributed by atoms with Gasteiger partial charge < -0.3 is 10.6 Å². The van der Waals surface area contributed by atoms with Gasteiger partial charge in [-0.15, -0.1) is 0 Å². The molecule has 0 heterocycles. The number of nitrogen functional groups attached to an aromatic ring is 1. The fraction of sp³-hybridized carbons (Fsp3) is 0.143. The zero-order valence-electron chi connectivity index (χ0n) is 11.7. The standard InChI is InChI=1S/C14H16FN3O2S/c1-9-13(7-11(16)8-14(9)21(17,19)20)18(2)12-5-3-4-10(15)6-12/h3-8H,16H2,1-2H3,(H2,17,19,20). The van der Waals surface area contributed by atoms with Crippen LogP contribution >= 0.6 is 0 Å². The number of halogens is 1. The van der Waals surface area contributed by atoms with E-state index in [-0.39, 0.29) is 16.4 Å². The lowest BCUT2D eigenvalue weighted by molar-refractivity contribution is 0.597. The maximum absolute atomic E-state index is 13.3. The molecule has 21 heavy (non-hydrogen) atoms. The molecule has 0 aromatic heterocycles. The van der Waals surface area contributed by atoms with Crippen molar-refractivity contribution in [2.45, 2.75) is 11.8 Å². The molecule has 0 aliphatic carbocycles. The van der Waals surface area contributed by atoms with Gasteiger partial charge in [-0.1, -0.05) is 6.07 Å². The van der Waals surface area contributed by atoms with E-state index in [0.717, 1.165) is 0 Å². The van der Waals surface area contributed by atoms with E-state index in [0.29, 0.717) is 16.9 Å². The summed E-state index contributed by atoms with van der Waals surface area (Å²) in [5.74, 6) is -0.382. The first kappa shape index (κ1) is 15.3. The Morgan fingerprint density at radius 3 is 2.43 bits per heavy atom. The van der Waals surface area contributed by atoms with Crippen molar-refractivity contribution >= 4 is 27.1 Å². The van der Waals surface area contributed by atoms with Crippen LogP contribution in [0.3, 0.4) is 0 Å². The monoisotopic (exact) mass is 309 g/mol. The van der Waals surface area contributed by atoms with Gasteiger partial charge in [0.05, 0.1) is 4.90 Å². The molecule has 0 atom stereocenters. The van der Waals surface area contributed by atoms with E-state index in [1.54, 1.807) is 37.1 Å². The first-order chi connectivity index (χ1) is 9.70. The van der Waals surface area contributed by atoms with Gasteiger partial charge in [-0.05, 0) is 42.8 Å². The number of nitrogens with two attached hydrogens (primary N) is 2. The number of hydrogen-bond acceptors (Lipinski definition) is 4. The third kappa shape index (κ3) is 3.14. The lowest BCUT2D eigenvalue weighted by Crippen LogP contribution is -2.18. The third-order valence-electron chi connectivity index (χ3n) is 3.22. The highest BCUT2D eigenvalue weighted by Gasteiger charge is 2.18. The molecule has 7 heteroatoms. The van der Waals surface area contributed by atoms with Crippen molar-refractivity contribution in [3.63, 3.8) is 0 Å². The minimum atomic E-state index is -3.88. The van der Waals surface area contributed by atoms with Gasteiger partial charge >= 0.3 is 0 Å². The molecule has 0 unspecified atom stereocenters. The lowest BCUT2D eigenvalue weighted by Gasteiger charge is -2.23. The molecule has 0 saturated carbocycles. The average Bonchev–Trinajstić information content (AvgIpc) is 2.39. The number of hydrogen-bond donors (Lipinski definition) is 2. The largest absolute Gasteiger partial charge is 0.399 e. The van der Waals surface area contributed by atoms with E-state index in [1.807, 2.05) is 0 Å². The summed E-state index contributed by atoms with van der Waals surface area (Å²) in [6, 6.07) is 8.90. The summed E-state index contributed by atoms with van der Waals surface area (Å²) in [5, 5.41) is 5.20. The van der Waals surface area contributed by atoms with E-state index in [9.17, 15) is 12.8 Å². The number of primary sulfonamides is 1. The van der Waals surface area contributed by atoms with Crippen LogP contribution in [0.4, 0.5) is 21.5 Å². The van der Waals surface area contributed by atoms with Crippen LogP contribution in [0.15, 0.2) is 41.3 Å². The molecular formula is C14H16FN3O2S. The Balaban J connectivity index is 2.62. The van der Waals surface area contributed by atoms with Crippen molar-refractivity contribution in [2.24, 2.45) is 5.14 Å². The Morgan fingerprint density at radius 2 is 1.86 bits per heavy atom. The molecule has 4 N–H and O–H groups in total. The number of benzene rings is 2. The van der Waals surface area contributed by atoms with Gasteiger partial charge in [0.25, 0.3) is 0 Å². The molecule has 5 nitrogen and oxygen atoms in total. The van der Waals surface area contributed by atoms with Crippen LogP contribution in [0.25, 0.3) is 0 Å². The fourth-order valence-corrected chi connectivity index (χ4v) is 2.99. The fourth-order valence-electron chi connectivity index (χ4n) is 2.16. The lowest BCUT2D eigenvalue weighted by atomic mass is 10.1. The number of anilines is 3. The van der Waals surface area contributed by atoms with Crippen LogP contribution in [0.2, 0.25) is 0 Å². The van der Waals surface area contributed by atoms with Crippen molar-refractivity contribution in [1.82, 2.24) is 0 Å². The van der Waals surface area contributed by atoms with Crippen LogP contribution in [-0.4, -0.2) is 15.5 Å². The van der Waals surface area contributed by atoms with E-state index in [4.69, 9.17) is 10.9 Å². The highest BCUT2D eigenvalue weighted by Crippen LogP contribution is 2.32. The molecule has 0 bridgehead atoms. The summed E-state index contributed by atoms with van der Waals surface area (Å²) < 4.78 is 36.6. The maximum atomic E-state index is 13.3. The second-order valence-corrected chi connectivity index (χ2v) is 6.28. The smallest absolute Gasteiger partial charge is 0.238 e. The Labute approximate surface area is 123 Å². The topological polar surface area (TPSA) is 89.4 Å². The molecule has 0 aliphatic rings. The number of sulfonamides is 1. The predicted molar refractivity (Wildman–Crippen MR) is 81.4 cm³/mol. The Kier molecular flexibility index (Phi) is 3.89. The Hall–Kier alpha value is -2.12. The van der Waals surface area contributed by atoms with Crippen molar-refractivity contribution in [3.05, 3.63) is 47.8 Å². The quantitative estimate of drug-likeness (QED) is 0.850. The summed E-state index contributed by atoms with van der Waals surface area (Å²) in [5.41, 5.74) is 7.59. The third-order valence-corrected chi connectivity index (χ3v) is 4.26. The minimum absolute atomic E-state index is 0.0410. The first-order valence-electron chi connectivity index (χ1n) is 6.12. The van der Waals surface area contributed by atoms with Crippen LogP contribution < -0.4 is 15.8 Å². The molecule has 112 valence electrons. The molecule has 2 aromatic carbocycles. The molecule has 0 saturated heterocycles. The van der Waals surface area contributed by atoms with Crippen molar-refractivity contribution in [1.29, 1.82) is 0 Å². The van der Waals surface area contributed by atoms with E-state index >= 15 is 0 Å². The van der Waals surface area contributed by atoms with Gasteiger partial charge in [0.15, 0.2) is 0 Å². The van der Waals surface area contributed by atoms with Gasteiger partial charge in [0.2, 0.25) is 10.0 Å². The molecule has 0 amide bonds. The van der Waals surface area contributed by atoms with Gasteiger partial charge in [-0.25, -0.2) is 17.9 Å². The highest BCUT2D eigenvalue weighted by molar-refractivity contribution is 7.89. The second-order valence-electron chi connectivity index (χ2n) is 4.75. The van der Waals surface area contributed by atoms with Crippen molar-refractivity contribution in [3.8, 4) is 0 Å². The second kappa shape index (κ2) is 5.34. The number of nitrogens with zero attached hydrogens (tertiary/aromatic N) is 1. The summed E-state index contributed by atoms with van der Waals surface area (Å²) in [6.45, 7) is 1.63. The Morgan fingerprint density at radius 1 is 1.19 bits per heavy atom. The first-order valence-corrected chi connectivity index (χ1v) is 7.67. The summed E-state index contributed by atoms with van der Waals surface area (Å²) in [6.07, 6.45) is 0. The highest BCUT2D eigenvalue weighted by atomic mass is 32.2. The molecule has 2 rings (SSSR count). The maximum Gasteiger partial charge on any atom is 0.238 e.